The number of carbonyl (C=O) groups excluding carboxylic acids is 1. The molecule has 1 aromatic carbocycles. The standard InChI is InChI=1S/C22H36N2O4/c1-13(2)22(6,7)16-11-9-8-10-15(16)17(20(27)28)21(4,5)12-24-19(26)18(23)14(3)25/h8-11,13-14,17-18,25H,12,23H2,1-7H3,(H,24,26)(H,27,28)/t14-,17?,18+/m1/s1. The lowest BCUT2D eigenvalue weighted by Crippen LogP contribution is -2.50. The van der Waals surface area contributed by atoms with Crippen molar-refractivity contribution in [3.05, 3.63) is 35.4 Å². The van der Waals surface area contributed by atoms with Crippen molar-refractivity contribution in [3.8, 4) is 0 Å². The van der Waals surface area contributed by atoms with E-state index in [0.717, 1.165) is 11.1 Å². The number of aliphatic hydroxyl groups excluding tert-OH is 1. The number of hydrogen-bond acceptors (Lipinski definition) is 4. The average Bonchev–Trinajstić information content (AvgIpc) is 2.58. The van der Waals surface area contributed by atoms with Crippen molar-refractivity contribution < 1.29 is 19.8 Å². The summed E-state index contributed by atoms with van der Waals surface area (Å²) in [5, 5.41) is 22.3. The van der Waals surface area contributed by atoms with Crippen LogP contribution in [0, 0.1) is 11.3 Å². The van der Waals surface area contributed by atoms with E-state index in [0.29, 0.717) is 5.92 Å². The van der Waals surface area contributed by atoms with E-state index in [1.54, 1.807) is 0 Å². The smallest absolute Gasteiger partial charge is 0.311 e. The molecule has 1 rings (SSSR count). The molecule has 3 atom stereocenters. The number of rotatable bonds is 9. The average molecular weight is 393 g/mol. The second kappa shape index (κ2) is 9.05. The van der Waals surface area contributed by atoms with Gasteiger partial charge in [-0.2, -0.15) is 0 Å². The molecule has 158 valence electrons. The first kappa shape index (κ1) is 24.1. The molecular weight excluding hydrogens is 356 g/mol. The van der Waals surface area contributed by atoms with Crippen LogP contribution in [0.25, 0.3) is 0 Å². The van der Waals surface area contributed by atoms with E-state index >= 15 is 0 Å². The van der Waals surface area contributed by atoms with Gasteiger partial charge in [-0.1, -0.05) is 65.8 Å². The lowest BCUT2D eigenvalue weighted by atomic mass is 9.67. The molecule has 0 aromatic heterocycles. The van der Waals surface area contributed by atoms with E-state index in [1.165, 1.54) is 6.92 Å². The summed E-state index contributed by atoms with van der Waals surface area (Å²) < 4.78 is 0. The van der Waals surface area contributed by atoms with Crippen LogP contribution in [0.3, 0.4) is 0 Å². The molecule has 0 fully saturated rings. The fourth-order valence-electron chi connectivity index (χ4n) is 3.29. The fraction of sp³-hybridized carbons (Fsp3) is 0.636. The number of benzene rings is 1. The van der Waals surface area contributed by atoms with Gasteiger partial charge < -0.3 is 21.3 Å². The minimum atomic E-state index is -1.05. The number of carboxylic acids is 1. The van der Waals surface area contributed by atoms with E-state index in [-0.39, 0.29) is 12.0 Å². The van der Waals surface area contributed by atoms with Crippen molar-refractivity contribution in [2.24, 2.45) is 17.1 Å². The molecule has 0 heterocycles. The number of carboxylic acid groups (broad SMARTS) is 1. The second-order valence-electron chi connectivity index (χ2n) is 9.21. The number of aliphatic hydroxyl groups is 1. The molecule has 1 aromatic rings. The topological polar surface area (TPSA) is 113 Å². The predicted octanol–water partition coefficient (Wildman–Crippen LogP) is 2.64. The van der Waals surface area contributed by atoms with E-state index < -0.39 is 35.4 Å². The van der Waals surface area contributed by atoms with Crippen LogP contribution in [0.2, 0.25) is 0 Å². The number of amides is 1. The van der Waals surface area contributed by atoms with Gasteiger partial charge in [0.15, 0.2) is 0 Å². The summed E-state index contributed by atoms with van der Waals surface area (Å²) in [4.78, 5) is 24.4. The van der Waals surface area contributed by atoms with Gasteiger partial charge >= 0.3 is 5.97 Å². The minimum absolute atomic E-state index is 0.125. The Hall–Kier alpha value is -1.92. The summed E-state index contributed by atoms with van der Waals surface area (Å²) in [6.45, 7) is 13.7. The maximum Gasteiger partial charge on any atom is 0.311 e. The Bertz CT molecular complexity index is 696. The van der Waals surface area contributed by atoms with Crippen molar-refractivity contribution in [1.82, 2.24) is 5.32 Å². The highest BCUT2D eigenvalue weighted by atomic mass is 16.4. The first-order valence-corrected chi connectivity index (χ1v) is 9.77. The van der Waals surface area contributed by atoms with Crippen molar-refractivity contribution in [3.63, 3.8) is 0 Å². The molecule has 0 radical (unpaired) electrons. The molecule has 1 unspecified atom stereocenters. The third kappa shape index (κ3) is 5.32. The van der Waals surface area contributed by atoms with Crippen LogP contribution in [-0.4, -0.2) is 40.8 Å². The van der Waals surface area contributed by atoms with Gasteiger partial charge in [0.2, 0.25) is 5.91 Å². The van der Waals surface area contributed by atoms with E-state index in [2.05, 4.69) is 33.0 Å². The summed E-state index contributed by atoms with van der Waals surface area (Å²) in [6.07, 6.45) is -0.981. The molecule has 0 aliphatic heterocycles. The third-order valence-corrected chi connectivity index (χ3v) is 5.98. The van der Waals surface area contributed by atoms with Gasteiger partial charge in [0.05, 0.1) is 12.0 Å². The first-order valence-electron chi connectivity index (χ1n) is 9.77. The Labute approximate surface area is 168 Å². The summed E-state index contributed by atoms with van der Waals surface area (Å²) >= 11 is 0. The number of carbonyl (C=O) groups is 2. The van der Waals surface area contributed by atoms with Gasteiger partial charge in [0, 0.05) is 6.54 Å². The van der Waals surface area contributed by atoms with Crippen LogP contribution < -0.4 is 11.1 Å². The molecule has 6 heteroatoms. The van der Waals surface area contributed by atoms with Gasteiger partial charge in [0.25, 0.3) is 0 Å². The quantitative estimate of drug-likeness (QED) is 0.516. The zero-order valence-corrected chi connectivity index (χ0v) is 18.1. The molecule has 0 aliphatic rings. The molecular formula is C22H36N2O4. The third-order valence-electron chi connectivity index (χ3n) is 5.98. The van der Waals surface area contributed by atoms with Crippen molar-refractivity contribution in [1.29, 1.82) is 0 Å². The zero-order chi connectivity index (χ0) is 21.9. The summed E-state index contributed by atoms with van der Waals surface area (Å²) in [6, 6.07) is 6.58. The lowest BCUT2D eigenvalue weighted by molar-refractivity contribution is -0.142. The van der Waals surface area contributed by atoms with E-state index in [4.69, 9.17) is 5.73 Å². The van der Waals surface area contributed by atoms with Crippen LogP contribution in [0.5, 0.6) is 0 Å². The number of nitrogens with one attached hydrogen (secondary N) is 1. The first-order chi connectivity index (χ1) is 12.7. The second-order valence-corrected chi connectivity index (χ2v) is 9.21. The zero-order valence-electron chi connectivity index (χ0n) is 18.1. The van der Waals surface area contributed by atoms with E-state index in [9.17, 15) is 19.8 Å². The van der Waals surface area contributed by atoms with Gasteiger partial charge in [-0.3, -0.25) is 9.59 Å². The van der Waals surface area contributed by atoms with E-state index in [1.807, 2.05) is 38.1 Å². The molecule has 6 nitrogen and oxygen atoms in total. The SMILES string of the molecule is CC(C)C(C)(C)c1ccccc1C(C(=O)O)C(C)(C)CNC(=O)[C@@H](N)[C@@H](C)O. The maximum absolute atomic E-state index is 12.3. The molecule has 28 heavy (non-hydrogen) atoms. The summed E-state index contributed by atoms with van der Waals surface area (Å²) in [5.74, 6) is -1.94. The molecule has 5 N–H and O–H groups in total. The number of nitrogens with two attached hydrogens (primary N) is 1. The van der Waals surface area contributed by atoms with Gasteiger partial charge in [-0.05, 0) is 34.8 Å². The molecule has 1 amide bonds. The van der Waals surface area contributed by atoms with Gasteiger partial charge in [-0.25, -0.2) is 0 Å². The largest absolute Gasteiger partial charge is 0.481 e. The Morgan fingerprint density at radius 3 is 2.11 bits per heavy atom. The highest BCUT2D eigenvalue weighted by Gasteiger charge is 2.40. The summed E-state index contributed by atoms with van der Waals surface area (Å²) in [7, 11) is 0. The Morgan fingerprint density at radius 2 is 1.64 bits per heavy atom. The Morgan fingerprint density at radius 1 is 1.11 bits per heavy atom. The maximum atomic E-state index is 12.3. The fourth-order valence-corrected chi connectivity index (χ4v) is 3.29. The highest BCUT2D eigenvalue weighted by Crippen LogP contribution is 2.42. The number of aliphatic carboxylic acids is 1. The van der Waals surface area contributed by atoms with Gasteiger partial charge in [0.1, 0.15) is 6.04 Å². The van der Waals surface area contributed by atoms with Crippen LogP contribution >= 0.6 is 0 Å². The molecule has 0 saturated heterocycles. The minimum Gasteiger partial charge on any atom is -0.481 e. The molecule has 0 aliphatic carbocycles. The molecule has 0 saturated carbocycles. The normalized spacial score (nSPS) is 15.8. The van der Waals surface area contributed by atoms with Crippen LogP contribution in [0.15, 0.2) is 24.3 Å². The van der Waals surface area contributed by atoms with Gasteiger partial charge in [-0.15, -0.1) is 0 Å². The lowest BCUT2D eigenvalue weighted by Gasteiger charge is -2.38. The summed E-state index contributed by atoms with van der Waals surface area (Å²) in [5.41, 5.74) is 6.44. The van der Waals surface area contributed by atoms with Crippen LogP contribution in [0.1, 0.15) is 65.5 Å². The number of hydrogen-bond donors (Lipinski definition) is 4. The predicted molar refractivity (Wildman–Crippen MR) is 111 cm³/mol. The molecule has 0 bridgehead atoms. The van der Waals surface area contributed by atoms with Crippen molar-refractivity contribution in [2.45, 2.75) is 71.9 Å². The Balaban J connectivity index is 3.28. The van der Waals surface area contributed by atoms with Crippen molar-refractivity contribution >= 4 is 11.9 Å². The highest BCUT2D eigenvalue weighted by molar-refractivity contribution is 5.82. The Kier molecular flexibility index (Phi) is 7.80. The monoisotopic (exact) mass is 392 g/mol. The van der Waals surface area contributed by atoms with Crippen molar-refractivity contribution in [2.75, 3.05) is 6.54 Å². The molecule has 0 spiro atoms. The van der Waals surface area contributed by atoms with Crippen LogP contribution in [-0.2, 0) is 15.0 Å². The van der Waals surface area contributed by atoms with Crippen LogP contribution in [0.4, 0.5) is 0 Å².